The highest BCUT2D eigenvalue weighted by Gasteiger charge is 2.33. The van der Waals surface area contributed by atoms with E-state index in [0.29, 0.717) is 0 Å². The van der Waals surface area contributed by atoms with E-state index < -0.39 is 5.60 Å². The molecule has 0 aliphatic carbocycles. The van der Waals surface area contributed by atoms with Gasteiger partial charge in [-0.15, -0.1) is 0 Å². The largest absolute Gasteiger partial charge is 0.497 e. The van der Waals surface area contributed by atoms with Crippen LogP contribution in [0.2, 0.25) is 0 Å². The molecule has 0 radical (unpaired) electrons. The number of aliphatic hydroxyl groups is 1. The summed E-state index contributed by atoms with van der Waals surface area (Å²) in [5, 5.41) is 14.3. The summed E-state index contributed by atoms with van der Waals surface area (Å²) in [4.78, 5) is 0. The molecule has 0 aromatic heterocycles. The zero-order chi connectivity index (χ0) is 13.0. The first-order chi connectivity index (χ1) is 8.64. The standard InChI is InChI=1S/C15H23NO2/c1-15(17,14-6-4-3-5-11-16-14)12-7-9-13(18-2)10-8-12/h7-10,14,16-17H,3-6,11H2,1-2H3. The Morgan fingerprint density at radius 2 is 1.94 bits per heavy atom. The second kappa shape index (κ2) is 5.72. The van der Waals surface area contributed by atoms with E-state index in [2.05, 4.69) is 5.32 Å². The SMILES string of the molecule is COc1ccc(C(C)(O)C2CCCCCN2)cc1. The molecule has 1 aromatic rings. The van der Waals surface area contributed by atoms with Crippen molar-refractivity contribution in [1.29, 1.82) is 0 Å². The second-order valence-electron chi connectivity index (χ2n) is 5.23. The molecule has 2 unspecified atom stereocenters. The summed E-state index contributed by atoms with van der Waals surface area (Å²) >= 11 is 0. The fourth-order valence-electron chi connectivity index (χ4n) is 2.64. The van der Waals surface area contributed by atoms with E-state index in [1.807, 2.05) is 31.2 Å². The monoisotopic (exact) mass is 249 g/mol. The second-order valence-corrected chi connectivity index (χ2v) is 5.23. The highest BCUT2D eigenvalue weighted by Crippen LogP contribution is 2.30. The molecule has 18 heavy (non-hydrogen) atoms. The molecule has 1 aromatic carbocycles. The molecule has 0 bridgehead atoms. The van der Waals surface area contributed by atoms with E-state index in [9.17, 15) is 5.11 Å². The number of hydrogen-bond acceptors (Lipinski definition) is 3. The van der Waals surface area contributed by atoms with Crippen LogP contribution in [0.5, 0.6) is 5.75 Å². The van der Waals surface area contributed by atoms with Gasteiger partial charge in [0.2, 0.25) is 0 Å². The topological polar surface area (TPSA) is 41.5 Å². The van der Waals surface area contributed by atoms with Gasteiger partial charge in [-0.05, 0) is 44.0 Å². The highest BCUT2D eigenvalue weighted by atomic mass is 16.5. The normalized spacial score (nSPS) is 24.1. The molecule has 1 aliphatic rings. The van der Waals surface area contributed by atoms with Crippen LogP contribution in [-0.2, 0) is 5.60 Å². The lowest BCUT2D eigenvalue weighted by atomic mass is 9.86. The number of ether oxygens (including phenoxy) is 1. The zero-order valence-corrected chi connectivity index (χ0v) is 11.3. The van der Waals surface area contributed by atoms with E-state index in [1.54, 1.807) is 7.11 Å². The van der Waals surface area contributed by atoms with Gasteiger partial charge in [-0.25, -0.2) is 0 Å². The molecule has 1 heterocycles. The maximum Gasteiger partial charge on any atom is 0.118 e. The van der Waals surface area contributed by atoms with Crippen LogP contribution in [0, 0.1) is 0 Å². The van der Waals surface area contributed by atoms with Gasteiger partial charge in [0.25, 0.3) is 0 Å². The van der Waals surface area contributed by atoms with Crippen molar-refractivity contribution in [2.75, 3.05) is 13.7 Å². The van der Waals surface area contributed by atoms with Crippen LogP contribution in [0.25, 0.3) is 0 Å². The molecule has 1 fully saturated rings. The smallest absolute Gasteiger partial charge is 0.118 e. The first kappa shape index (κ1) is 13.4. The maximum absolute atomic E-state index is 10.8. The Hall–Kier alpha value is -1.06. The summed E-state index contributed by atoms with van der Waals surface area (Å²) in [6.45, 7) is 2.90. The quantitative estimate of drug-likeness (QED) is 0.864. The summed E-state index contributed by atoms with van der Waals surface area (Å²) in [6, 6.07) is 7.84. The van der Waals surface area contributed by atoms with Gasteiger partial charge >= 0.3 is 0 Å². The third kappa shape index (κ3) is 2.85. The zero-order valence-electron chi connectivity index (χ0n) is 11.3. The molecule has 0 amide bonds. The summed E-state index contributed by atoms with van der Waals surface area (Å²) < 4.78 is 5.15. The van der Waals surface area contributed by atoms with Crippen LogP contribution in [-0.4, -0.2) is 24.8 Å². The van der Waals surface area contributed by atoms with Gasteiger partial charge in [0.1, 0.15) is 11.4 Å². The Morgan fingerprint density at radius 3 is 2.61 bits per heavy atom. The molecule has 2 N–H and O–H groups in total. The van der Waals surface area contributed by atoms with Gasteiger partial charge in [-0.3, -0.25) is 0 Å². The number of methoxy groups -OCH3 is 1. The number of rotatable bonds is 3. The van der Waals surface area contributed by atoms with Crippen LogP contribution >= 0.6 is 0 Å². The van der Waals surface area contributed by atoms with Crippen LogP contribution in [0.4, 0.5) is 0 Å². The minimum atomic E-state index is -0.823. The van der Waals surface area contributed by atoms with Crippen molar-refractivity contribution in [2.24, 2.45) is 0 Å². The number of benzene rings is 1. The Kier molecular flexibility index (Phi) is 4.25. The lowest BCUT2D eigenvalue weighted by Crippen LogP contribution is -2.46. The third-order valence-electron chi connectivity index (χ3n) is 3.91. The van der Waals surface area contributed by atoms with Crippen molar-refractivity contribution in [3.63, 3.8) is 0 Å². The minimum Gasteiger partial charge on any atom is -0.497 e. The van der Waals surface area contributed by atoms with Crippen LogP contribution in [0.1, 0.15) is 38.2 Å². The van der Waals surface area contributed by atoms with Crippen molar-refractivity contribution in [3.05, 3.63) is 29.8 Å². The van der Waals surface area contributed by atoms with Gasteiger partial charge in [0.15, 0.2) is 0 Å². The molecule has 1 saturated heterocycles. The summed E-state index contributed by atoms with van der Waals surface area (Å²) in [5.41, 5.74) is 0.124. The average Bonchev–Trinajstić information content (AvgIpc) is 2.68. The Morgan fingerprint density at radius 1 is 1.22 bits per heavy atom. The average molecular weight is 249 g/mol. The lowest BCUT2D eigenvalue weighted by Gasteiger charge is -2.33. The highest BCUT2D eigenvalue weighted by molar-refractivity contribution is 5.31. The van der Waals surface area contributed by atoms with Gasteiger partial charge in [-0.1, -0.05) is 25.0 Å². The molecule has 2 atom stereocenters. The summed E-state index contributed by atoms with van der Waals surface area (Å²) in [5.74, 6) is 0.823. The molecule has 1 aliphatic heterocycles. The van der Waals surface area contributed by atoms with Crippen LogP contribution < -0.4 is 10.1 Å². The van der Waals surface area contributed by atoms with E-state index in [1.165, 1.54) is 19.3 Å². The van der Waals surface area contributed by atoms with E-state index in [-0.39, 0.29) is 6.04 Å². The Bertz CT molecular complexity index is 365. The fraction of sp³-hybridized carbons (Fsp3) is 0.600. The first-order valence-corrected chi connectivity index (χ1v) is 6.75. The van der Waals surface area contributed by atoms with Crippen molar-refractivity contribution in [1.82, 2.24) is 5.32 Å². The van der Waals surface area contributed by atoms with E-state index >= 15 is 0 Å². The van der Waals surface area contributed by atoms with Gasteiger partial charge in [0.05, 0.1) is 7.11 Å². The van der Waals surface area contributed by atoms with Crippen molar-refractivity contribution in [3.8, 4) is 5.75 Å². The minimum absolute atomic E-state index is 0.133. The van der Waals surface area contributed by atoms with Crippen LogP contribution in [0.15, 0.2) is 24.3 Å². The fourth-order valence-corrected chi connectivity index (χ4v) is 2.64. The lowest BCUT2D eigenvalue weighted by molar-refractivity contribution is 0.0136. The third-order valence-corrected chi connectivity index (χ3v) is 3.91. The van der Waals surface area contributed by atoms with Crippen molar-refractivity contribution < 1.29 is 9.84 Å². The van der Waals surface area contributed by atoms with E-state index in [4.69, 9.17) is 4.74 Å². The van der Waals surface area contributed by atoms with Crippen molar-refractivity contribution >= 4 is 0 Å². The molecule has 0 saturated carbocycles. The molecular formula is C15H23NO2. The Balaban J connectivity index is 2.16. The predicted molar refractivity (Wildman–Crippen MR) is 72.8 cm³/mol. The molecule has 2 rings (SSSR count). The molecule has 0 spiro atoms. The van der Waals surface area contributed by atoms with Crippen LogP contribution in [0.3, 0.4) is 0 Å². The maximum atomic E-state index is 10.8. The van der Waals surface area contributed by atoms with Gasteiger partial charge in [-0.2, -0.15) is 0 Å². The number of nitrogens with one attached hydrogen (secondary N) is 1. The Labute approximate surface area is 109 Å². The molecular weight excluding hydrogens is 226 g/mol. The molecule has 3 nitrogen and oxygen atoms in total. The van der Waals surface area contributed by atoms with Crippen molar-refractivity contribution in [2.45, 2.75) is 44.2 Å². The summed E-state index contributed by atoms with van der Waals surface area (Å²) in [7, 11) is 1.65. The van der Waals surface area contributed by atoms with E-state index in [0.717, 1.165) is 24.3 Å². The molecule has 100 valence electrons. The van der Waals surface area contributed by atoms with Gasteiger partial charge in [0, 0.05) is 6.04 Å². The van der Waals surface area contributed by atoms with Gasteiger partial charge < -0.3 is 15.2 Å². The predicted octanol–water partition coefficient (Wildman–Crippen LogP) is 2.43. The first-order valence-electron chi connectivity index (χ1n) is 6.75. The molecule has 3 heteroatoms. The summed E-state index contributed by atoms with van der Waals surface area (Å²) in [6.07, 6.45) is 4.67. The number of hydrogen-bond donors (Lipinski definition) is 2.